The van der Waals surface area contributed by atoms with Crippen LogP contribution >= 0.6 is 15.9 Å². The number of amides is 1. The van der Waals surface area contributed by atoms with Crippen molar-refractivity contribution in [2.24, 2.45) is 0 Å². The maximum atomic E-state index is 13.0. The summed E-state index contributed by atoms with van der Waals surface area (Å²) in [4.78, 5) is 28.1. The van der Waals surface area contributed by atoms with Crippen LogP contribution in [-0.2, 0) is 6.42 Å². The Hall–Kier alpha value is -2.74. The van der Waals surface area contributed by atoms with E-state index in [-0.39, 0.29) is 11.6 Å². The van der Waals surface area contributed by atoms with E-state index in [1.165, 1.54) is 12.1 Å². The molecule has 0 radical (unpaired) electrons. The Morgan fingerprint density at radius 2 is 2.04 bits per heavy atom. The summed E-state index contributed by atoms with van der Waals surface area (Å²) in [5, 5.41) is 13.8. The zero-order chi connectivity index (χ0) is 19.0. The molecule has 1 aromatic carbocycles. The maximum Gasteiger partial charge on any atom is 0.274 e. The van der Waals surface area contributed by atoms with E-state index in [1.54, 1.807) is 23.6 Å². The molecule has 8 heteroatoms. The van der Waals surface area contributed by atoms with E-state index in [2.05, 4.69) is 26.2 Å². The van der Waals surface area contributed by atoms with Crippen LogP contribution in [0.15, 0.2) is 34.9 Å². The number of hydrogen-bond donors (Lipinski definition) is 1. The third kappa shape index (κ3) is 3.20. The average Bonchev–Trinajstić information content (AvgIpc) is 2.95. The fraction of sp³-hybridized carbons (Fsp3) is 0.222. The molecule has 0 fully saturated rings. The number of nitro benzene ring substituents is 1. The van der Waals surface area contributed by atoms with Gasteiger partial charge < -0.3 is 5.32 Å². The van der Waals surface area contributed by atoms with Crippen molar-refractivity contribution in [1.82, 2.24) is 9.38 Å². The van der Waals surface area contributed by atoms with Gasteiger partial charge in [-0.1, -0.05) is 13.0 Å². The summed E-state index contributed by atoms with van der Waals surface area (Å²) in [6.07, 6.45) is 2.39. The first kappa shape index (κ1) is 18.1. The van der Waals surface area contributed by atoms with Crippen molar-refractivity contribution in [2.45, 2.75) is 27.2 Å². The highest BCUT2D eigenvalue weighted by molar-refractivity contribution is 9.10. The smallest absolute Gasteiger partial charge is 0.274 e. The highest BCUT2D eigenvalue weighted by atomic mass is 79.9. The molecule has 0 aliphatic heterocycles. The van der Waals surface area contributed by atoms with Gasteiger partial charge in [-0.05, 0) is 53.4 Å². The van der Waals surface area contributed by atoms with Gasteiger partial charge in [0.1, 0.15) is 11.3 Å². The zero-order valence-electron chi connectivity index (χ0n) is 14.5. The van der Waals surface area contributed by atoms with Gasteiger partial charge in [-0.15, -0.1) is 0 Å². The van der Waals surface area contributed by atoms with Gasteiger partial charge in [-0.25, -0.2) is 4.98 Å². The monoisotopic (exact) mass is 416 g/mol. The first-order valence-corrected chi connectivity index (χ1v) is 8.84. The molecule has 1 N–H and O–H groups in total. The number of nitrogens with zero attached hydrogens (tertiary/aromatic N) is 3. The van der Waals surface area contributed by atoms with Crippen LogP contribution in [-0.4, -0.2) is 20.2 Å². The first-order valence-electron chi connectivity index (χ1n) is 8.05. The van der Waals surface area contributed by atoms with E-state index >= 15 is 0 Å². The summed E-state index contributed by atoms with van der Waals surface area (Å²) in [5.74, 6) is -0.351. The number of nitro groups is 1. The largest absolute Gasteiger partial charge is 0.320 e. The number of hydrogen-bond acceptors (Lipinski definition) is 4. The second-order valence-electron chi connectivity index (χ2n) is 6.01. The normalized spacial score (nSPS) is 10.9. The Morgan fingerprint density at radius 1 is 1.31 bits per heavy atom. The SMILES string of the molecule is CCc1nc2c(C)cc(Br)cn2c1C(=O)Nc1cc([N+](=O)[O-])ccc1C. The van der Waals surface area contributed by atoms with Crippen LogP contribution in [0.3, 0.4) is 0 Å². The molecule has 0 bridgehead atoms. The van der Waals surface area contributed by atoms with Crippen molar-refractivity contribution in [2.75, 3.05) is 5.32 Å². The minimum Gasteiger partial charge on any atom is -0.320 e. The fourth-order valence-corrected chi connectivity index (χ4v) is 3.39. The van der Waals surface area contributed by atoms with E-state index in [0.29, 0.717) is 29.1 Å². The molecule has 0 atom stereocenters. The maximum absolute atomic E-state index is 13.0. The number of fused-ring (bicyclic) bond motifs is 1. The number of rotatable bonds is 4. The van der Waals surface area contributed by atoms with Crippen molar-refractivity contribution in [3.8, 4) is 0 Å². The van der Waals surface area contributed by atoms with Crippen molar-refractivity contribution in [3.05, 3.63) is 67.6 Å². The highest BCUT2D eigenvalue weighted by Crippen LogP contribution is 2.25. The van der Waals surface area contributed by atoms with Gasteiger partial charge in [0.15, 0.2) is 0 Å². The Bertz CT molecular complexity index is 1040. The van der Waals surface area contributed by atoms with Crippen molar-refractivity contribution in [1.29, 1.82) is 0 Å². The minimum absolute atomic E-state index is 0.0710. The van der Waals surface area contributed by atoms with E-state index in [4.69, 9.17) is 0 Å². The van der Waals surface area contributed by atoms with Crippen molar-refractivity contribution in [3.63, 3.8) is 0 Å². The zero-order valence-corrected chi connectivity index (χ0v) is 16.1. The lowest BCUT2D eigenvalue weighted by molar-refractivity contribution is -0.384. The summed E-state index contributed by atoms with van der Waals surface area (Å²) in [6, 6.07) is 6.33. The van der Waals surface area contributed by atoms with Crippen LogP contribution in [0.5, 0.6) is 0 Å². The number of imidazole rings is 1. The summed E-state index contributed by atoms with van der Waals surface area (Å²) >= 11 is 3.45. The summed E-state index contributed by atoms with van der Waals surface area (Å²) in [7, 11) is 0. The van der Waals surface area contributed by atoms with Gasteiger partial charge in [0.25, 0.3) is 11.6 Å². The first-order chi connectivity index (χ1) is 12.3. The summed E-state index contributed by atoms with van der Waals surface area (Å²) in [6.45, 7) is 5.65. The summed E-state index contributed by atoms with van der Waals surface area (Å²) < 4.78 is 2.59. The minimum atomic E-state index is -0.485. The molecule has 7 nitrogen and oxygen atoms in total. The average molecular weight is 417 g/mol. The van der Waals surface area contributed by atoms with E-state index in [0.717, 1.165) is 15.6 Å². The Labute approximate surface area is 158 Å². The van der Waals surface area contributed by atoms with E-state index in [9.17, 15) is 14.9 Å². The number of aromatic nitrogens is 2. The molecule has 0 saturated carbocycles. The van der Waals surface area contributed by atoms with Gasteiger partial charge in [-0.3, -0.25) is 19.3 Å². The van der Waals surface area contributed by atoms with Gasteiger partial charge in [0.2, 0.25) is 0 Å². The molecule has 26 heavy (non-hydrogen) atoms. The number of pyridine rings is 1. The predicted octanol–water partition coefficient (Wildman–Crippen LogP) is 4.44. The molecule has 2 heterocycles. The quantitative estimate of drug-likeness (QED) is 0.502. The molecule has 0 saturated heterocycles. The molecule has 1 amide bonds. The van der Waals surface area contributed by atoms with Gasteiger partial charge in [0, 0.05) is 22.8 Å². The Morgan fingerprint density at radius 3 is 2.69 bits per heavy atom. The number of non-ortho nitro benzene ring substituents is 1. The van der Waals surface area contributed by atoms with Crippen molar-refractivity contribution >= 4 is 38.9 Å². The highest BCUT2D eigenvalue weighted by Gasteiger charge is 2.21. The standard InChI is InChI=1S/C18H17BrN4O3/c1-4-14-16(22-9-12(19)7-11(3)17(22)20-14)18(24)21-15-8-13(23(25)26)6-5-10(15)2/h5-9H,4H2,1-3H3,(H,21,24). The second kappa shape index (κ2) is 6.87. The molecular formula is C18H17BrN4O3. The number of halogens is 1. The Kier molecular flexibility index (Phi) is 4.78. The molecule has 3 rings (SSSR count). The van der Waals surface area contributed by atoms with Crippen LogP contribution in [0.4, 0.5) is 11.4 Å². The van der Waals surface area contributed by atoms with Crippen LogP contribution in [0.1, 0.15) is 34.2 Å². The number of anilines is 1. The number of benzene rings is 1. The topological polar surface area (TPSA) is 89.5 Å². The summed E-state index contributed by atoms with van der Waals surface area (Å²) in [5.41, 5.74) is 3.84. The lowest BCUT2D eigenvalue weighted by atomic mass is 10.1. The molecule has 134 valence electrons. The van der Waals surface area contributed by atoms with Crippen molar-refractivity contribution < 1.29 is 9.72 Å². The van der Waals surface area contributed by atoms with Crippen LogP contribution in [0.25, 0.3) is 5.65 Å². The predicted molar refractivity (Wildman–Crippen MR) is 103 cm³/mol. The third-order valence-electron chi connectivity index (χ3n) is 4.17. The fourth-order valence-electron chi connectivity index (χ4n) is 2.84. The number of aryl methyl sites for hydroxylation is 3. The molecule has 0 unspecified atom stereocenters. The molecular weight excluding hydrogens is 400 g/mol. The molecule has 0 aliphatic carbocycles. The number of carbonyl (C=O) groups is 1. The number of carbonyl (C=O) groups excluding carboxylic acids is 1. The molecule has 3 aromatic rings. The van der Waals surface area contributed by atoms with E-state index in [1.807, 2.05) is 19.9 Å². The van der Waals surface area contributed by atoms with Crippen LogP contribution < -0.4 is 5.32 Å². The third-order valence-corrected chi connectivity index (χ3v) is 4.61. The van der Waals surface area contributed by atoms with Gasteiger partial charge in [0.05, 0.1) is 16.3 Å². The lowest BCUT2D eigenvalue weighted by Crippen LogP contribution is -2.17. The Balaban J connectivity index is 2.08. The van der Waals surface area contributed by atoms with Crippen LogP contribution in [0.2, 0.25) is 0 Å². The lowest BCUT2D eigenvalue weighted by Gasteiger charge is -2.10. The van der Waals surface area contributed by atoms with Gasteiger partial charge in [-0.2, -0.15) is 0 Å². The number of nitrogens with one attached hydrogen (secondary N) is 1. The molecule has 2 aromatic heterocycles. The molecule has 0 spiro atoms. The van der Waals surface area contributed by atoms with E-state index < -0.39 is 4.92 Å². The second-order valence-corrected chi connectivity index (χ2v) is 6.92. The van der Waals surface area contributed by atoms with Crippen LogP contribution in [0, 0.1) is 24.0 Å². The molecule has 0 aliphatic rings. The van der Waals surface area contributed by atoms with Gasteiger partial charge >= 0.3 is 0 Å².